The van der Waals surface area contributed by atoms with E-state index in [2.05, 4.69) is 15.5 Å². The van der Waals surface area contributed by atoms with Gasteiger partial charge in [-0.05, 0) is 31.0 Å². The first-order chi connectivity index (χ1) is 14.9. The molecule has 2 aliphatic rings. The molecule has 0 bridgehead atoms. The van der Waals surface area contributed by atoms with Crippen molar-refractivity contribution in [3.8, 4) is 5.75 Å². The number of benzene rings is 1. The zero-order chi connectivity index (χ0) is 22.0. The molecule has 2 heterocycles. The lowest BCUT2D eigenvalue weighted by Gasteiger charge is -2.26. The molecule has 0 spiro atoms. The Labute approximate surface area is 184 Å². The lowest BCUT2D eigenvalue weighted by molar-refractivity contribution is -0.113. The lowest BCUT2D eigenvalue weighted by atomic mass is 10.3. The number of methoxy groups -OCH3 is 1. The van der Waals surface area contributed by atoms with Gasteiger partial charge in [0.1, 0.15) is 10.6 Å². The van der Waals surface area contributed by atoms with Gasteiger partial charge in [0.2, 0.25) is 21.1 Å². The van der Waals surface area contributed by atoms with E-state index in [-0.39, 0.29) is 35.4 Å². The largest absolute Gasteiger partial charge is 0.495 e. The van der Waals surface area contributed by atoms with Crippen molar-refractivity contribution in [2.45, 2.75) is 28.8 Å². The normalized spacial score (nSPS) is 17.5. The zero-order valence-electron chi connectivity index (χ0n) is 17.0. The van der Waals surface area contributed by atoms with Crippen LogP contribution in [0.2, 0.25) is 0 Å². The highest BCUT2D eigenvalue weighted by molar-refractivity contribution is 7.99. The first-order valence-electron chi connectivity index (χ1n) is 9.79. The number of sulfonamides is 1. The molecular weight excluding hydrogens is 444 g/mol. The van der Waals surface area contributed by atoms with E-state index in [4.69, 9.17) is 15.3 Å². The van der Waals surface area contributed by atoms with Crippen molar-refractivity contribution < 1.29 is 22.7 Å². The topological polar surface area (TPSA) is 142 Å². The van der Waals surface area contributed by atoms with Crippen molar-refractivity contribution in [3.63, 3.8) is 0 Å². The van der Waals surface area contributed by atoms with E-state index in [1.54, 1.807) is 6.07 Å². The van der Waals surface area contributed by atoms with E-state index in [0.717, 1.165) is 18.7 Å². The molecule has 1 saturated heterocycles. The van der Waals surface area contributed by atoms with Crippen LogP contribution < -0.4 is 15.9 Å². The first kappa shape index (κ1) is 21.9. The van der Waals surface area contributed by atoms with Crippen molar-refractivity contribution in [2.24, 2.45) is 0 Å². The van der Waals surface area contributed by atoms with Crippen LogP contribution in [0.15, 0.2) is 28.3 Å². The van der Waals surface area contributed by atoms with Gasteiger partial charge < -0.3 is 20.6 Å². The number of anilines is 1. The standard InChI is InChI=1S/C18H24N6O5S2/c1-28-14-5-4-13(10-15(14)31(26,27)23-6-8-29-9-7-23)20-16(25)11-30-18-22-21-17(24(18)19)12-2-3-12/h4-5,10,12H,2-3,6-9,11,19H2,1H3,(H,20,25). The molecule has 2 fully saturated rings. The Balaban J connectivity index is 1.44. The number of carbonyl (C=O) groups is 1. The van der Waals surface area contributed by atoms with Crippen LogP contribution in [0.25, 0.3) is 0 Å². The molecule has 1 saturated carbocycles. The van der Waals surface area contributed by atoms with Crippen LogP contribution in [-0.4, -0.2) is 72.7 Å². The molecule has 1 aliphatic heterocycles. The molecule has 13 heteroatoms. The van der Waals surface area contributed by atoms with Crippen LogP contribution >= 0.6 is 11.8 Å². The number of carbonyl (C=O) groups excluding carboxylic acids is 1. The second-order valence-corrected chi connectivity index (χ2v) is 10.1. The summed E-state index contributed by atoms with van der Waals surface area (Å²) in [6.45, 7) is 1.20. The van der Waals surface area contributed by atoms with Crippen molar-refractivity contribution >= 4 is 33.4 Å². The first-order valence-corrected chi connectivity index (χ1v) is 12.2. The second kappa shape index (κ2) is 9.02. The molecule has 1 aliphatic carbocycles. The maximum absolute atomic E-state index is 13.1. The number of thioether (sulfide) groups is 1. The van der Waals surface area contributed by atoms with Crippen LogP contribution in [0, 0.1) is 0 Å². The summed E-state index contributed by atoms with van der Waals surface area (Å²) in [5.74, 6) is 7.03. The summed E-state index contributed by atoms with van der Waals surface area (Å²) in [6, 6.07) is 4.52. The molecule has 1 amide bonds. The fourth-order valence-electron chi connectivity index (χ4n) is 3.22. The van der Waals surface area contributed by atoms with Crippen molar-refractivity contribution in [1.82, 2.24) is 19.2 Å². The minimum atomic E-state index is -3.79. The minimum absolute atomic E-state index is 0.00173. The van der Waals surface area contributed by atoms with Gasteiger partial charge in [-0.15, -0.1) is 10.2 Å². The summed E-state index contributed by atoms with van der Waals surface area (Å²) in [7, 11) is -2.39. The summed E-state index contributed by atoms with van der Waals surface area (Å²) in [5, 5.41) is 11.3. The quantitative estimate of drug-likeness (QED) is 0.421. The molecule has 0 radical (unpaired) electrons. The van der Waals surface area contributed by atoms with E-state index in [9.17, 15) is 13.2 Å². The number of nitrogen functional groups attached to an aromatic ring is 1. The molecule has 1 aromatic heterocycles. The predicted molar refractivity (Wildman–Crippen MR) is 114 cm³/mol. The van der Waals surface area contributed by atoms with Crippen LogP contribution in [0.1, 0.15) is 24.6 Å². The Morgan fingerprint density at radius 1 is 1.32 bits per heavy atom. The highest BCUT2D eigenvalue weighted by Gasteiger charge is 2.31. The Bertz CT molecular complexity index is 1060. The molecule has 2 aromatic rings. The van der Waals surface area contributed by atoms with Crippen LogP contribution in [0.3, 0.4) is 0 Å². The number of rotatable bonds is 8. The van der Waals surface area contributed by atoms with Crippen LogP contribution in [-0.2, 0) is 19.6 Å². The maximum Gasteiger partial charge on any atom is 0.246 e. The SMILES string of the molecule is COc1ccc(NC(=O)CSc2nnc(C3CC3)n2N)cc1S(=O)(=O)N1CCOCC1. The van der Waals surface area contributed by atoms with Gasteiger partial charge in [-0.3, -0.25) is 4.79 Å². The number of amides is 1. The average molecular weight is 469 g/mol. The fourth-order valence-corrected chi connectivity index (χ4v) is 5.47. The van der Waals surface area contributed by atoms with Gasteiger partial charge in [-0.2, -0.15) is 4.31 Å². The average Bonchev–Trinajstić information content (AvgIpc) is 3.55. The van der Waals surface area contributed by atoms with Crippen LogP contribution in [0.4, 0.5) is 5.69 Å². The van der Waals surface area contributed by atoms with Gasteiger partial charge in [0, 0.05) is 24.7 Å². The Morgan fingerprint density at radius 2 is 2.06 bits per heavy atom. The minimum Gasteiger partial charge on any atom is -0.495 e. The smallest absolute Gasteiger partial charge is 0.246 e. The third-order valence-corrected chi connectivity index (χ3v) is 7.86. The molecule has 11 nitrogen and oxygen atoms in total. The van der Waals surface area contributed by atoms with E-state index in [1.165, 1.54) is 40.0 Å². The number of hydrogen-bond donors (Lipinski definition) is 2. The predicted octanol–water partition coefficient (Wildman–Crippen LogP) is 0.630. The summed E-state index contributed by atoms with van der Waals surface area (Å²) >= 11 is 1.17. The van der Waals surface area contributed by atoms with E-state index >= 15 is 0 Å². The summed E-state index contributed by atoms with van der Waals surface area (Å²) in [4.78, 5) is 12.4. The van der Waals surface area contributed by atoms with Crippen molar-refractivity contribution in [2.75, 3.05) is 50.3 Å². The second-order valence-electron chi connectivity index (χ2n) is 7.20. The molecule has 168 valence electrons. The maximum atomic E-state index is 13.1. The number of hydrogen-bond acceptors (Lipinski definition) is 9. The molecule has 31 heavy (non-hydrogen) atoms. The lowest BCUT2D eigenvalue weighted by Crippen LogP contribution is -2.40. The number of nitrogens with two attached hydrogens (primary N) is 1. The van der Waals surface area contributed by atoms with Gasteiger partial charge in [0.15, 0.2) is 5.82 Å². The number of nitrogens with zero attached hydrogens (tertiary/aromatic N) is 4. The molecule has 1 aromatic carbocycles. The number of ether oxygens (including phenoxy) is 2. The number of aromatic nitrogens is 3. The van der Waals surface area contributed by atoms with E-state index in [0.29, 0.717) is 30.0 Å². The fraction of sp³-hybridized carbons (Fsp3) is 0.500. The van der Waals surface area contributed by atoms with E-state index < -0.39 is 10.0 Å². The third-order valence-electron chi connectivity index (χ3n) is 5.00. The molecule has 0 atom stereocenters. The van der Waals surface area contributed by atoms with Crippen molar-refractivity contribution in [1.29, 1.82) is 0 Å². The monoisotopic (exact) mass is 468 g/mol. The molecular formula is C18H24N6O5S2. The van der Waals surface area contributed by atoms with Gasteiger partial charge in [0.05, 0.1) is 26.1 Å². The number of nitrogens with one attached hydrogen (secondary N) is 1. The van der Waals surface area contributed by atoms with Gasteiger partial charge in [0.25, 0.3) is 0 Å². The zero-order valence-corrected chi connectivity index (χ0v) is 18.6. The number of morpholine rings is 1. The Kier molecular flexibility index (Phi) is 6.36. The summed E-state index contributed by atoms with van der Waals surface area (Å²) < 4.78 is 39.4. The Morgan fingerprint density at radius 3 is 2.74 bits per heavy atom. The van der Waals surface area contributed by atoms with Gasteiger partial charge in [-0.25, -0.2) is 13.1 Å². The summed E-state index contributed by atoms with van der Waals surface area (Å²) in [6.07, 6.45) is 2.10. The Hall–Kier alpha value is -2.35. The molecule has 3 N–H and O–H groups in total. The van der Waals surface area contributed by atoms with Gasteiger partial charge >= 0.3 is 0 Å². The summed E-state index contributed by atoms with van der Waals surface area (Å²) in [5.41, 5.74) is 0.353. The van der Waals surface area contributed by atoms with E-state index in [1.807, 2.05) is 0 Å². The highest BCUT2D eigenvalue weighted by Crippen LogP contribution is 2.39. The third kappa shape index (κ3) is 4.79. The van der Waals surface area contributed by atoms with Crippen LogP contribution in [0.5, 0.6) is 5.75 Å². The van der Waals surface area contributed by atoms with Crippen molar-refractivity contribution in [3.05, 3.63) is 24.0 Å². The van der Waals surface area contributed by atoms with Gasteiger partial charge in [-0.1, -0.05) is 11.8 Å². The highest BCUT2D eigenvalue weighted by atomic mass is 32.2. The molecule has 0 unspecified atom stereocenters. The molecule has 4 rings (SSSR count).